The fourth-order valence-electron chi connectivity index (χ4n) is 4.51. The quantitative estimate of drug-likeness (QED) is 0.684. The van der Waals surface area contributed by atoms with Crippen molar-refractivity contribution < 1.29 is 4.79 Å². The number of amides is 1. The maximum absolute atomic E-state index is 13.1. The molecule has 0 radical (unpaired) electrons. The third kappa shape index (κ3) is 2.57. The summed E-state index contributed by atoms with van der Waals surface area (Å²) < 4.78 is 0. The number of carbonyl (C=O) groups is 1. The topological polar surface area (TPSA) is 49.3 Å². The summed E-state index contributed by atoms with van der Waals surface area (Å²) in [6, 6.07) is 16.6. The molecule has 5 heteroatoms. The lowest BCUT2D eigenvalue weighted by molar-refractivity contribution is -0.122. The lowest BCUT2D eigenvalue weighted by atomic mass is 9.87. The summed E-state index contributed by atoms with van der Waals surface area (Å²) in [5, 5.41) is 1.16. The van der Waals surface area contributed by atoms with Gasteiger partial charge in [-0.3, -0.25) is 9.69 Å². The number of fused-ring (bicyclic) bond motifs is 2. The van der Waals surface area contributed by atoms with Gasteiger partial charge in [0.25, 0.3) is 0 Å². The molecule has 0 saturated carbocycles. The van der Waals surface area contributed by atoms with Gasteiger partial charge in [-0.05, 0) is 51.0 Å². The molecule has 142 valence electrons. The Morgan fingerprint density at radius 3 is 2.61 bits per heavy atom. The predicted molar refractivity (Wildman–Crippen MR) is 112 cm³/mol. The van der Waals surface area contributed by atoms with Gasteiger partial charge >= 0.3 is 0 Å². The number of hydrogen-bond donors (Lipinski definition) is 0. The van der Waals surface area contributed by atoms with E-state index >= 15 is 0 Å². The summed E-state index contributed by atoms with van der Waals surface area (Å²) in [7, 11) is 0. The number of para-hydroxylation sites is 1. The lowest BCUT2D eigenvalue weighted by Gasteiger charge is -2.37. The van der Waals surface area contributed by atoms with Gasteiger partial charge in [-0.1, -0.05) is 24.3 Å². The molecule has 2 aliphatic rings. The Morgan fingerprint density at radius 1 is 1.00 bits per heavy atom. The minimum absolute atomic E-state index is 0.170. The van der Waals surface area contributed by atoms with Crippen LogP contribution in [0.3, 0.4) is 0 Å². The first kappa shape index (κ1) is 17.2. The summed E-state index contributed by atoms with van der Waals surface area (Å²) in [6.45, 7) is 5.79. The normalized spacial score (nSPS) is 19.3. The molecule has 1 saturated heterocycles. The van der Waals surface area contributed by atoms with Crippen molar-refractivity contribution in [2.45, 2.75) is 38.1 Å². The van der Waals surface area contributed by atoms with Crippen LogP contribution in [0.15, 0.2) is 54.7 Å². The number of carbonyl (C=O) groups excluding carboxylic acids is 1. The summed E-state index contributed by atoms with van der Waals surface area (Å²) in [5.74, 6) is 2.03. The minimum Gasteiger partial charge on any atom is -0.356 e. The van der Waals surface area contributed by atoms with Crippen molar-refractivity contribution in [3.05, 3.63) is 60.3 Å². The molecule has 0 N–H and O–H groups in total. The van der Waals surface area contributed by atoms with E-state index in [0.717, 1.165) is 54.0 Å². The molecule has 0 unspecified atom stereocenters. The number of anilines is 2. The Balaban J connectivity index is 1.36. The largest absolute Gasteiger partial charge is 0.356 e. The molecule has 5 rings (SSSR count). The van der Waals surface area contributed by atoms with Crippen LogP contribution in [0.5, 0.6) is 0 Å². The first-order valence-corrected chi connectivity index (χ1v) is 9.95. The van der Waals surface area contributed by atoms with Crippen LogP contribution in [-0.4, -0.2) is 35.0 Å². The van der Waals surface area contributed by atoms with Crippen molar-refractivity contribution in [3.63, 3.8) is 0 Å². The zero-order chi connectivity index (χ0) is 19.3. The van der Waals surface area contributed by atoms with Crippen molar-refractivity contribution in [2.75, 3.05) is 22.9 Å². The Bertz CT molecular complexity index is 1050. The zero-order valence-corrected chi connectivity index (χ0v) is 16.3. The molecule has 1 fully saturated rings. The highest BCUT2D eigenvalue weighted by atomic mass is 16.2. The second kappa shape index (κ2) is 6.30. The van der Waals surface area contributed by atoms with E-state index in [1.165, 1.54) is 0 Å². The van der Waals surface area contributed by atoms with E-state index < -0.39 is 5.41 Å². The van der Waals surface area contributed by atoms with Crippen LogP contribution in [0.25, 0.3) is 10.9 Å². The van der Waals surface area contributed by atoms with Crippen LogP contribution >= 0.6 is 0 Å². The highest BCUT2D eigenvalue weighted by molar-refractivity contribution is 6.07. The van der Waals surface area contributed by atoms with Crippen LogP contribution in [0.2, 0.25) is 0 Å². The van der Waals surface area contributed by atoms with E-state index in [4.69, 9.17) is 4.98 Å². The van der Waals surface area contributed by atoms with Gasteiger partial charge in [0, 0.05) is 36.3 Å². The molecule has 5 nitrogen and oxygen atoms in total. The number of nitrogens with zero attached hydrogens (tertiary/aromatic N) is 4. The first-order chi connectivity index (χ1) is 13.6. The number of piperidine rings is 1. The van der Waals surface area contributed by atoms with Gasteiger partial charge in [0.2, 0.25) is 5.91 Å². The third-order valence-electron chi connectivity index (χ3n) is 6.18. The molecule has 0 aliphatic carbocycles. The second-order valence-electron chi connectivity index (χ2n) is 8.26. The molecule has 1 aromatic carbocycles. The molecule has 0 bridgehead atoms. The molecule has 28 heavy (non-hydrogen) atoms. The van der Waals surface area contributed by atoms with Gasteiger partial charge in [0.05, 0.1) is 10.9 Å². The number of benzene rings is 1. The Morgan fingerprint density at radius 2 is 1.79 bits per heavy atom. The summed E-state index contributed by atoms with van der Waals surface area (Å²) in [6.07, 6.45) is 3.63. The molecule has 2 aliphatic heterocycles. The molecular weight excluding hydrogens is 348 g/mol. The summed E-state index contributed by atoms with van der Waals surface area (Å²) in [4.78, 5) is 26.8. The Hall–Kier alpha value is -2.95. The van der Waals surface area contributed by atoms with Gasteiger partial charge in [0.1, 0.15) is 11.6 Å². The van der Waals surface area contributed by atoms with Gasteiger partial charge in [0.15, 0.2) is 0 Å². The molecule has 4 heterocycles. The van der Waals surface area contributed by atoms with E-state index in [-0.39, 0.29) is 11.9 Å². The number of rotatable bonds is 2. The maximum Gasteiger partial charge on any atom is 0.238 e. The summed E-state index contributed by atoms with van der Waals surface area (Å²) in [5.41, 5.74) is 1.57. The molecule has 0 spiro atoms. The molecule has 0 atom stereocenters. The molecule has 1 amide bonds. The number of aromatic nitrogens is 2. The SMILES string of the molecule is CC1(C)C(=O)N(C2CCN(c3ccc4ccccc4n3)CC2)c2ncccc21. The standard InChI is InChI=1S/C23H24N4O/c1-23(2)18-7-5-13-24-21(18)27(22(23)28)17-11-14-26(15-12-17)20-10-9-16-6-3-4-8-19(16)25-20/h3-10,13,17H,11-12,14-15H2,1-2H3. The fourth-order valence-corrected chi connectivity index (χ4v) is 4.51. The number of pyridine rings is 2. The van der Waals surface area contributed by atoms with E-state index in [2.05, 4.69) is 34.1 Å². The predicted octanol–water partition coefficient (Wildman–Crippen LogP) is 3.92. The first-order valence-electron chi connectivity index (χ1n) is 9.95. The fraction of sp³-hybridized carbons (Fsp3) is 0.348. The van der Waals surface area contributed by atoms with Crippen molar-refractivity contribution in [3.8, 4) is 0 Å². The Kier molecular flexibility index (Phi) is 3.86. The van der Waals surface area contributed by atoms with Gasteiger partial charge < -0.3 is 4.90 Å². The van der Waals surface area contributed by atoms with E-state index in [0.29, 0.717) is 0 Å². The second-order valence-corrected chi connectivity index (χ2v) is 8.26. The lowest BCUT2D eigenvalue weighted by Crippen LogP contribution is -2.49. The minimum atomic E-state index is -0.499. The van der Waals surface area contributed by atoms with Gasteiger partial charge in [-0.2, -0.15) is 0 Å². The van der Waals surface area contributed by atoms with Gasteiger partial charge in [-0.15, -0.1) is 0 Å². The average molecular weight is 372 g/mol. The average Bonchev–Trinajstić information content (AvgIpc) is 2.94. The third-order valence-corrected chi connectivity index (χ3v) is 6.18. The van der Waals surface area contributed by atoms with Crippen molar-refractivity contribution in [1.29, 1.82) is 0 Å². The van der Waals surface area contributed by atoms with Crippen LogP contribution in [0.1, 0.15) is 32.3 Å². The van der Waals surface area contributed by atoms with Crippen molar-refractivity contribution in [1.82, 2.24) is 9.97 Å². The van der Waals surface area contributed by atoms with Crippen LogP contribution in [0.4, 0.5) is 11.6 Å². The molecule has 3 aromatic rings. The van der Waals surface area contributed by atoms with E-state index in [1.54, 1.807) is 6.20 Å². The highest BCUT2D eigenvalue weighted by Crippen LogP contribution is 2.42. The maximum atomic E-state index is 13.1. The molecule has 2 aromatic heterocycles. The van der Waals surface area contributed by atoms with Crippen LogP contribution in [-0.2, 0) is 10.2 Å². The van der Waals surface area contributed by atoms with Crippen molar-refractivity contribution in [2.24, 2.45) is 0 Å². The van der Waals surface area contributed by atoms with Crippen LogP contribution in [0, 0.1) is 0 Å². The summed E-state index contributed by atoms with van der Waals surface area (Å²) >= 11 is 0. The highest BCUT2D eigenvalue weighted by Gasteiger charge is 2.47. The van der Waals surface area contributed by atoms with Crippen molar-refractivity contribution >= 4 is 28.4 Å². The monoisotopic (exact) mass is 372 g/mol. The molecular formula is C23H24N4O. The van der Waals surface area contributed by atoms with E-state index in [9.17, 15) is 4.79 Å². The number of hydrogen-bond acceptors (Lipinski definition) is 4. The zero-order valence-electron chi connectivity index (χ0n) is 16.3. The van der Waals surface area contributed by atoms with Gasteiger partial charge in [-0.25, -0.2) is 9.97 Å². The smallest absolute Gasteiger partial charge is 0.238 e. The van der Waals surface area contributed by atoms with Crippen LogP contribution < -0.4 is 9.80 Å². The van der Waals surface area contributed by atoms with E-state index in [1.807, 2.05) is 43.0 Å². The Labute approximate surface area is 165 Å².